The first-order valence-corrected chi connectivity index (χ1v) is 7.81. The van der Waals surface area contributed by atoms with Crippen molar-refractivity contribution >= 4 is 9.84 Å². The summed E-state index contributed by atoms with van der Waals surface area (Å²) in [6.07, 6.45) is 1.80. The molecule has 6 nitrogen and oxygen atoms in total. The van der Waals surface area contributed by atoms with Gasteiger partial charge in [-0.05, 0) is 25.1 Å². The van der Waals surface area contributed by atoms with E-state index >= 15 is 0 Å². The van der Waals surface area contributed by atoms with Crippen molar-refractivity contribution in [2.45, 2.75) is 17.9 Å². The molecule has 1 atom stereocenters. The number of benzene rings is 1. The largest absolute Gasteiger partial charge is 0.483 e. The molecule has 1 aromatic carbocycles. The van der Waals surface area contributed by atoms with E-state index in [0.717, 1.165) is 12.3 Å². The lowest BCUT2D eigenvalue weighted by molar-refractivity contribution is 0.216. The predicted octanol–water partition coefficient (Wildman–Crippen LogP) is 1.96. The molecule has 0 spiro atoms. The van der Waals surface area contributed by atoms with Crippen LogP contribution in [0.2, 0.25) is 0 Å². The Balaban J connectivity index is 2.27. The monoisotopic (exact) mass is 309 g/mol. The van der Waals surface area contributed by atoms with Crippen molar-refractivity contribution in [3.05, 3.63) is 41.5 Å². The van der Waals surface area contributed by atoms with Gasteiger partial charge in [-0.3, -0.25) is 5.10 Å². The second-order valence-electron chi connectivity index (χ2n) is 4.44. The van der Waals surface area contributed by atoms with E-state index in [2.05, 4.69) is 10.2 Å². The van der Waals surface area contributed by atoms with E-state index in [4.69, 9.17) is 10.00 Å². The molecule has 0 saturated heterocycles. The number of nitrogens with zero attached hydrogens (tertiary/aromatic N) is 2. The predicted molar refractivity (Wildman–Crippen MR) is 71.9 cm³/mol. The zero-order valence-electron chi connectivity index (χ0n) is 11.3. The summed E-state index contributed by atoms with van der Waals surface area (Å²) in [6, 6.07) is 5.32. The average Bonchev–Trinajstić information content (AvgIpc) is 2.88. The quantitative estimate of drug-likeness (QED) is 0.931. The van der Waals surface area contributed by atoms with Gasteiger partial charge in [0.2, 0.25) is 0 Å². The topological polar surface area (TPSA) is 95.8 Å². The van der Waals surface area contributed by atoms with Crippen molar-refractivity contribution in [3.63, 3.8) is 0 Å². The minimum Gasteiger partial charge on any atom is -0.483 e. The number of hydrogen-bond acceptors (Lipinski definition) is 5. The summed E-state index contributed by atoms with van der Waals surface area (Å²) >= 11 is 0. The van der Waals surface area contributed by atoms with E-state index in [1.807, 2.05) is 6.07 Å². The highest BCUT2D eigenvalue weighted by Crippen LogP contribution is 2.27. The summed E-state index contributed by atoms with van der Waals surface area (Å²) in [7, 11) is -3.48. The summed E-state index contributed by atoms with van der Waals surface area (Å²) in [6.45, 7) is 1.63. The normalized spacial score (nSPS) is 12.7. The lowest BCUT2D eigenvalue weighted by atomic mass is 10.1. The highest BCUT2D eigenvalue weighted by Gasteiger charge is 2.17. The maximum atomic E-state index is 13.9. The Hall–Kier alpha value is -2.40. The molecule has 0 aliphatic carbocycles. The molecular formula is C13H12FN3O3S. The van der Waals surface area contributed by atoms with Crippen LogP contribution in [-0.4, -0.2) is 24.9 Å². The highest BCUT2D eigenvalue weighted by molar-refractivity contribution is 7.90. The Labute approximate surface area is 121 Å². The van der Waals surface area contributed by atoms with E-state index in [1.165, 1.54) is 18.3 Å². The van der Waals surface area contributed by atoms with Crippen molar-refractivity contribution in [2.24, 2.45) is 0 Å². The molecule has 0 bridgehead atoms. The fraction of sp³-hybridized carbons (Fsp3) is 0.231. The number of sulfone groups is 1. The Morgan fingerprint density at radius 2 is 2.19 bits per heavy atom. The Morgan fingerprint density at radius 1 is 1.48 bits per heavy atom. The lowest BCUT2D eigenvalue weighted by Gasteiger charge is -2.14. The van der Waals surface area contributed by atoms with Crippen molar-refractivity contribution in [1.29, 1.82) is 5.26 Å². The molecule has 0 radical (unpaired) electrons. The third-order valence-electron chi connectivity index (χ3n) is 2.85. The summed E-state index contributed by atoms with van der Waals surface area (Å²) in [4.78, 5) is -0.124. The number of nitriles is 1. The zero-order chi connectivity index (χ0) is 15.6. The lowest BCUT2D eigenvalue weighted by Crippen LogP contribution is -2.06. The van der Waals surface area contributed by atoms with Gasteiger partial charge in [0.05, 0.1) is 11.1 Å². The van der Waals surface area contributed by atoms with Gasteiger partial charge in [0.1, 0.15) is 17.9 Å². The number of hydrogen-bond donors (Lipinski definition) is 1. The summed E-state index contributed by atoms with van der Waals surface area (Å²) < 4.78 is 42.0. The molecule has 8 heteroatoms. The first-order chi connectivity index (χ1) is 9.82. The van der Waals surface area contributed by atoms with Gasteiger partial charge in [0, 0.05) is 11.8 Å². The number of nitrogens with one attached hydrogen (secondary N) is 1. The van der Waals surface area contributed by atoms with E-state index < -0.39 is 21.8 Å². The molecule has 0 aliphatic rings. The van der Waals surface area contributed by atoms with Crippen molar-refractivity contribution in [2.75, 3.05) is 6.26 Å². The second-order valence-corrected chi connectivity index (χ2v) is 6.45. The maximum absolute atomic E-state index is 13.9. The van der Waals surface area contributed by atoms with Gasteiger partial charge < -0.3 is 4.74 Å². The minimum atomic E-state index is -3.48. The standard InChI is InChI=1S/C13H12FN3O3S/c1-8(10-7-16-17-12(10)6-15)20-13-4-3-9(5-11(13)14)21(2,18)19/h3-5,7-8H,1-2H3,(H,16,17). The Morgan fingerprint density at radius 3 is 2.76 bits per heavy atom. The molecular weight excluding hydrogens is 297 g/mol. The molecule has 0 saturated carbocycles. The summed E-state index contributed by atoms with van der Waals surface area (Å²) in [5.41, 5.74) is 0.722. The Bertz CT molecular complexity index is 808. The number of rotatable bonds is 4. The van der Waals surface area contributed by atoms with Crippen LogP contribution in [0.3, 0.4) is 0 Å². The van der Waals surface area contributed by atoms with Gasteiger partial charge in [-0.1, -0.05) is 0 Å². The van der Waals surface area contributed by atoms with Gasteiger partial charge in [-0.25, -0.2) is 12.8 Å². The number of aromatic nitrogens is 2. The molecule has 1 unspecified atom stereocenters. The second kappa shape index (κ2) is 5.54. The number of aromatic amines is 1. The zero-order valence-corrected chi connectivity index (χ0v) is 12.1. The third kappa shape index (κ3) is 3.20. The van der Waals surface area contributed by atoms with Gasteiger partial charge in [0.25, 0.3) is 0 Å². The fourth-order valence-electron chi connectivity index (χ4n) is 1.75. The molecule has 0 amide bonds. The summed E-state index contributed by atoms with van der Waals surface area (Å²) in [5.74, 6) is -0.883. The van der Waals surface area contributed by atoms with Crippen LogP contribution in [0, 0.1) is 17.1 Å². The van der Waals surface area contributed by atoms with E-state index in [-0.39, 0.29) is 16.3 Å². The minimum absolute atomic E-state index is 0.0972. The van der Waals surface area contributed by atoms with Crippen molar-refractivity contribution in [3.8, 4) is 11.8 Å². The van der Waals surface area contributed by atoms with Crippen molar-refractivity contribution in [1.82, 2.24) is 10.2 Å². The van der Waals surface area contributed by atoms with Gasteiger partial charge in [-0.2, -0.15) is 10.4 Å². The first-order valence-electron chi connectivity index (χ1n) is 5.92. The van der Waals surface area contributed by atoms with Crippen LogP contribution in [0.15, 0.2) is 29.3 Å². The summed E-state index contributed by atoms with van der Waals surface area (Å²) in [5, 5.41) is 15.1. The molecule has 0 fully saturated rings. The molecule has 0 aliphatic heterocycles. The number of H-pyrrole nitrogens is 1. The average molecular weight is 309 g/mol. The third-order valence-corrected chi connectivity index (χ3v) is 3.96. The van der Waals surface area contributed by atoms with Gasteiger partial charge in [0.15, 0.2) is 21.4 Å². The van der Waals surface area contributed by atoms with Crippen LogP contribution in [0.4, 0.5) is 4.39 Å². The molecule has 1 heterocycles. The highest BCUT2D eigenvalue weighted by atomic mass is 32.2. The van der Waals surface area contributed by atoms with Crippen LogP contribution < -0.4 is 4.74 Å². The molecule has 1 N–H and O–H groups in total. The maximum Gasteiger partial charge on any atom is 0.175 e. The van der Waals surface area contributed by atoms with Crippen LogP contribution in [0.25, 0.3) is 0 Å². The Kier molecular flexibility index (Phi) is 3.95. The van der Waals surface area contributed by atoms with Crippen LogP contribution in [0.1, 0.15) is 24.3 Å². The van der Waals surface area contributed by atoms with E-state index in [1.54, 1.807) is 6.92 Å². The van der Waals surface area contributed by atoms with E-state index in [9.17, 15) is 12.8 Å². The molecule has 110 valence electrons. The van der Waals surface area contributed by atoms with Crippen LogP contribution >= 0.6 is 0 Å². The fourth-order valence-corrected chi connectivity index (χ4v) is 2.39. The number of halogens is 1. The first kappa shape index (κ1) is 15.0. The van der Waals surface area contributed by atoms with Crippen molar-refractivity contribution < 1.29 is 17.5 Å². The molecule has 2 rings (SSSR count). The molecule has 1 aromatic heterocycles. The van der Waals surface area contributed by atoms with Gasteiger partial charge >= 0.3 is 0 Å². The van der Waals surface area contributed by atoms with Crippen LogP contribution in [0.5, 0.6) is 5.75 Å². The van der Waals surface area contributed by atoms with Gasteiger partial charge in [-0.15, -0.1) is 0 Å². The molecule has 2 aromatic rings. The molecule has 21 heavy (non-hydrogen) atoms. The van der Waals surface area contributed by atoms with Crippen LogP contribution in [-0.2, 0) is 9.84 Å². The SMILES string of the molecule is CC(Oc1ccc(S(C)(=O)=O)cc1F)c1cn[nH]c1C#N. The number of ether oxygens (including phenoxy) is 1. The van der Waals surface area contributed by atoms with E-state index in [0.29, 0.717) is 5.56 Å². The smallest absolute Gasteiger partial charge is 0.175 e.